The number of hydrogen-bond donors (Lipinski definition) is 2. The molecule has 0 bridgehead atoms. The van der Waals surface area contributed by atoms with Gasteiger partial charge < -0.3 is 10.6 Å². The molecule has 0 aliphatic carbocycles. The van der Waals surface area contributed by atoms with E-state index in [4.69, 9.17) is 0 Å². The summed E-state index contributed by atoms with van der Waals surface area (Å²) >= 11 is 0. The molecular weight excluding hydrogens is 369 g/mol. The summed E-state index contributed by atoms with van der Waals surface area (Å²) in [6.07, 6.45) is -4.42. The van der Waals surface area contributed by atoms with Gasteiger partial charge in [-0.1, -0.05) is 6.07 Å². The number of rotatable bonds is 4. The zero-order chi connectivity index (χ0) is 20.3. The molecule has 0 saturated carbocycles. The van der Waals surface area contributed by atoms with Crippen molar-refractivity contribution in [2.75, 3.05) is 10.6 Å². The Kier molecular flexibility index (Phi) is 5.30. The number of halogens is 3. The van der Waals surface area contributed by atoms with Crippen LogP contribution in [-0.4, -0.2) is 15.9 Å². The van der Waals surface area contributed by atoms with E-state index in [1.807, 2.05) is 19.9 Å². The van der Waals surface area contributed by atoms with Crippen molar-refractivity contribution < 1.29 is 18.0 Å². The van der Waals surface area contributed by atoms with Crippen molar-refractivity contribution in [2.24, 2.45) is 0 Å². The molecule has 0 spiro atoms. The average molecular weight is 386 g/mol. The van der Waals surface area contributed by atoms with Crippen LogP contribution in [-0.2, 0) is 6.18 Å². The third-order valence-corrected chi connectivity index (χ3v) is 3.83. The van der Waals surface area contributed by atoms with Crippen LogP contribution in [0.3, 0.4) is 0 Å². The molecule has 3 rings (SSSR count). The maximum Gasteiger partial charge on any atom is 0.416 e. The monoisotopic (exact) mass is 386 g/mol. The highest BCUT2D eigenvalue weighted by Crippen LogP contribution is 2.30. The van der Waals surface area contributed by atoms with Crippen LogP contribution in [0.1, 0.15) is 27.3 Å². The van der Waals surface area contributed by atoms with Crippen LogP contribution in [0.2, 0.25) is 0 Å². The molecule has 0 radical (unpaired) electrons. The van der Waals surface area contributed by atoms with Gasteiger partial charge in [0.05, 0.1) is 5.56 Å². The van der Waals surface area contributed by atoms with E-state index in [0.717, 1.165) is 23.5 Å². The van der Waals surface area contributed by atoms with Gasteiger partial charge in [0.2, 0.25) is 5.95 Å². The first-order valence-electron chi connectivity index (χ1n) is 8.39. The molecule has 8 heteroatoms. The predicted molar refractivity (Wildman–Crippen MR) is 101 cm³/mol. The second-order valence-corrected chi connectivity index (χ2v) is 6.21. The van der Waals surface area contributed by atoms with Crippen molar-refractivity contribution >= 4 is 23.2 Å². The molecule has 1 amide bonds. The summed E-state index contributed by atoms with van der Waals surface area (Å²) in [6.45, 7) is 3.71. The number of alkyl halides is 3. The number of aromatic nitrogens is 2. The Morgan fingerprint density at radius 3 is 2.14 bits per heavy atom. The highest BCUT2D eigenvalue weighted by Gasteiger charge is 2.30. The van der Waals surface area contributed by atoms with Gasteiger partial charge in [0, 0.05) is 28.3 Å². The number of anilines is 3. The molecule has 3 aromatic rings. The molecule has 0 aliphatic heterocycles. The summed E-state index contributed by atoms with van der Waals surface area (Å²) in [5.41, 5.74) is 2.08. The van der Waals surface area contributed by atoms with Gasteiger partial charge in [0.1, 0.15) is 0 Å². The molecule has 0 aliphatic rings. The molecule has 2 aromatic carbocycles. The van der Waals surface area contributed by atoms with Gasteiger partial charge in [-0.25, -0.2) is 9.97 Å². The molecule has 0 atom stereocenters. The third-order valence-electron chi connectivity index (χ3n) is 3.83. The van der Waals surface area contributed by atoms with E-state index in [-0.39, 0.29) is 5.69 Å². The standard InChI is InChI=1S/C20H17F3N4O/c1-12-10-13(2)25-19(24-12)27-17-5-3-4-14(11-17)18(28)26-16-8-6-15(7-9-16)20(21,22)23/h3-11H,1-2H3,(H,26,28)(H,24,25,27). The maximum absolute atomic E-state index is 12.6. The largest absolute Gasteiger partial charge is 0.416 e. The Bertz CT molecular complexity index is 981. The zero-order valence-electron chi connectivity index (χ0n) is 15.1. The molecule has 5 nitrogen and oxygen atoms in total. The summed E-state index contributed by atoms with van der Waals surface area (Å²) in [4.78, 5) is 21.0. The number of nitrogens with one attached hydrogen (secondary N) is 2. The van der Waals surface area contributed by atoms with E-state index in [0.29, 0.717) is 17.2 Å². The van der Waals surface area contributed by atoms with Gasteiger partial charge in [0.25, 0.3) is 5.91 Å². The van der Waals surface area contributed by atoms with Crippen LogP contribution in [0.15, 0.2) is 54.6 Å². The Morgan fingerprint density at radius 1 is 0.893 bits per heavy atom. The van der Waals surface area contributed by atoms with Crippen molar-refractivity contribution in [2.45, 2.75) is 20.0 Å². The minimum absolute atomic E-state index is 0.272. The fraction of sp³-hybridized carbons (Fsp3) is 0.150. The minimum Gasteiger partial charge on any atom is -0.324 e. The van der Waals surface area contributed by atoms with Crippen LogP contribution in [0.25, 0.3) is 0 Å². The second-order valence-electron chi connectivity index (χ2n) is 6.21. The fourth-order valence-corrected chi connectivity index (χ4v) is 2.59. The van der Waals surface area contributed by atoms with Gasteiger partial charge in [-0.2, -0.15) is 13.2 Å². The van der Waals surface area contributed by atoms with Crippen molar-refractivity contribution in [1.82, 2.24) is 9.97 Å². The first-order valence-corrected chi connectivity index (χ1v) is 8.39. The van der Waals surface area contributed by atoms with Gasteiger partial charge in [-0.05, 0) is 62.4 Å². The predicted octanol–water partition coefficient (Wildman–Crippen LogP) is 5.11. The Morgan fingerprint density at radius 2 is 1.54 bits per heavy atom. The Hall–Kier alpha value is -3.42. The number of carbonyl (C=O) groups is 1. The van der Waals surface area contributed by atoms with E-state index in [1.54, 1.807) is 24.3 Å². The lowest BCUT2D eigenvalue weighted by atomic mass is 10.1. The number of aryl methyl sites for hydroxylation is 2. The van der Waals surface area contributed by atoms with Gasteiger partial charge in [-0.3, -0.25) is 4.79 Å². The van der Waals surface area contributed by atoms with E-state index < -0.39 is 17.6 Å². The minimum atomic E-state index is -4.42. The fourth-order valence-electron chi connectivity index (χ4n) is 2.59. The zero-order valence-corrected chi connectivity index (χ0v) is 15.1. The lowest BCUT2D eigenvalue weighted by Crippen LogP contribution is -2.12. The van der Waals surface area contributed by atoms with E-state index >= 15 is 0 Å². The average Bonchev–Trinajstić information content (AvgIpc) is 2.61. The first kappa shape index (κ1) is 19.3. The number of amides is 1. The number of carbonyl (C=O) groups excluding carboxylic acids is 1. The molecule has 28 heavy (non-hydrogen) atoms. The number of hydrogen-bond acceptors (Lipinski definition) is 4. The van der Waals surface area contributed by atoms with Crippen LogP contribution in [0.5, 0.6) is 0 Å². The van der Waals surface area contributed by atoms with Crippen LogP contribution < -0.4 is 10.6 Å². The molecule has 0 saturated heterocycles. The smallest absolute Gasteiger partial charge is 0.324 e. The summed E-state index contributed by atoms with van der Waals surface area (Å²) in [7, 11) is 0. The summed E-state index contributed by atoms with van der Waals surface area (Å²) in [5, 5.41) is 5.62. The van der Waals surface area contributed by atoms with Crippen LogP contribution in [0.4, 0.5) is 30.5 Å². The molecular formula is C20H17F3N4O. The SMILES string of the molecule is Cc1cc(C)nc(Nc2cccc(C(=O)Nc3ccc(C(F)(F)F)cc3)c2)n1. The second kappa shape index (κ2) is 7.67. The number of nitrogens with zero attached hydrogens (tertiary/aromatic N) is 2. The van der Waals surface area contributed by atoms with E-state index in [1.165, 1.54) is 12.1 Å². The lowest BCUT2D eigenvalue weighted by molar-refractivity contribution is -0.137. The highest BCUT2D eigenvalue weighted by molar-refractivity contribution is 6.04. The van der Waals surface area contributed by atoms with Gasteiger partial charge in [0.15, 0.2) is 0 Å². The van der Waals surface area contributed by atoms with Crippen molar-refractivity contribution in [1.29, 1.82) is 0 Å². The third kappa shape index (κ3) is 4.85. The van der Waals surface area contributed by atoms with E-state index in [2.05, 4.69) is 20.6 Å². The lowest BCUT2D eigenvalue weighted by Gasteiger charge is -2.10. The highest BCUT2D eigenvalue weighted by atomic mass is 19.4. The summed E-state index contributed by atoms with van der Waals surface area (Å²) in [6, 6.07) is 12.8. The molecule has 2 N–H and O–H groups in total. The first-order chi connectivity index (χ1) is 13.2. The Balaban J connectivity index is 1.73. The topological polar surface area (TPSA) is 66.9 Å². The molecule has 144 valence electrons. The van der Waals surface area contributed by atoms with Crippen molar-refractivity contribution in [3.63, 3.8) is 0 Å². The summed E-state index contributed by atoms with van der Waals surface area (Å²) in [5.74, 6) is -0.0254. The molecule has 1 heterocycles. The van der Waals surface area contributed by atoms with Gasteiger partial charge >= 0.3 is 6.18 Å². The molecule has 0 unspecified atom stereocenters. The quantitative estimate of drug-likeness (QED) is 0.654. The normalized spacial score (nSPS) is 11.2. The van der Waals surface area contributed by atoms with Crippen molar-refractivity contribution in [3.8, 4) is 0 Å². The van der Waals surface area contributed by atoms with Crippen LogP contribution >= 0.6 is 0 Å². The van der Waals surface area contributed by atoms with Gasteiger partial charge in [-0.15, -0.1) is 0 Å². The Labute approximate surface area is 159 Å². The number of benzene rings is 2. The summed E-state index contributed by atoms with van der Waals surface area (Å²) < 4.78 is 37.8. The van der Waals surface area contributed by atoms with Crippen LogP contribution in [0, 0.1) is 13.8 Å². The maximum atomic E-state index is 12.6. The van der Waals surface area contributed by atoms with E-state index in [9.17, 15) is 18.0 Å². The van der Waals surface area contributed by atoms with Crippen molar-refractivity contribution in [3.05, 3.63) is 77.1 Å². The molecule has 0 fully saturated rings. The molecule has 1 aromatic heterocycles.